The lowest BCUT2D eigenvalue weighted by Gasteiger charge is -2.08. The van der Waals surface area contributed by atoms with Crippen LogP contribution in [-0.2, 0) is 6.54 Å². The van der Waals surface area contributed by atoms with Crippen LogP contribution in [0.4, 0.5) is 0 Å². The van der Waals surface area contributed by atoms with Crippen LogP contribution in [0.1, 0.15) is 28.5 Å². The summed E-state index contributed by atoms with van der Waals surface area (Å²) in [4.78, 5) is 24.9. The van der Waals surface area contributed by atoms with E-state index in [0.29, 0.717) is 28.6 Å². The van der Waals surface area contributed by atoms with Gasteiger partial charge in [-0.3, -0.25) is 14.3 Å². The largest absolute Gasteiger partial charge is 0.356 e. The van der Waals surface area contributed by atoms with Gasteiger partial charge in [-0.1, -0.05) is 28.4 Å². The van der Waals surface area contributed by atoms with Crippen molar-refractivity contribution in [1.29, 1.82) is 0 Å². The number of carbonyl (C=O) groups excluding carboxylic acids is 1. The van der Waals surface area contributed by atoms with Gasteiger partial charge < -0.3 is 9.62 Å². The number of carbonyl (C=O) groups is 1. The zero-order valence-electron chi connectivity index (χ0n) is 12.9. The third kappa shape index (κ3) is 2.68. The van der Waals surface area contributed by atoms with Gasteiger partial charge >= 0.3 is 0 Å². The van der Waals surface area contributed by atoms with Crippen molar-refractivity contribution in [2.45, 2.75) is 20.4 Å². The third-order valence-corrected chi connectivity index (χ3v) is 4.32. The lowest BCUT2D eigenvalue weighted by Crippen LogP contribution is -2.21. The molecule has 124 valence electrons. The molecule has 0 spiro atoms. The van der Waals surface area contributed by atoms with E-state index in [9.17, 15) is 9.59 Å². The second-order valence-corrected chi connectivity index (χ2v) is 5.97. The number of nitrogens with zero attached hydrogens (tertiary/aromatic N) is 2. The topological polar surface area (TPSA) is 80.9 Å². The van der Waals surface area contributed by atoms with Crippen LogP contribution < -0.4 is 5.56 Å². The molecule has 1 N–H and O–H groups in total. The highest BCUT2D eigenvalue weighted by Gasteiger charge is 2.23. The Kier molecular flexibility index (Phi) is 4.34. The summed E-state index contributed by atoms with van der Waals surface area (Å²) in [5, 5.41) is 6.99. The molecule has 0 saturated carbocycles. The standard InChI is InChI=1S/C16H13Cl2N3O3/c1-3-21-16(23)10(7-19-21)15(22)9-4-5-11(17)13(14(9)18)12-6-8(2)20-24-12/h4-7,19H,3H2,1-2H3. The molecule has 0 bridgehead atoms. The Morgan fingerprint density at radius 3 is 2.67 bits per heavy atom. The molecule has 0 amide bonds. The summed E-state index contributed by atoms with van der Waals surface area (Å²) in [6.45, 7) is 3.99. The number of ketones is 1. The van der Waals surface area contributed by atoms with Crippen molar-refractivity contribution in [1.82, 2.24) is 14.9 Å². The maximum atomic E-state index is 12.7. The van der Waals surface area contributed by atoms with Gasteiger partial charge in [0, 0.05) is 24.4 Å². The second-order valence-electron chi connectivity index (χ2n) is 5.18. The fourth-order valence-electron chi connectivity index (χ4n) is 2.39. The summed E-state index contributed by atoms with van der Waals surface area (Å²) in [7, 11) is 0. The summed E-state index contributed by atoms with van der Waals surface area (Å²) in [5.74, 6) is -0.125. The van der Waals surface area contributed by atoms with E-state index >= 15 is 0 Å². The average Bonchev–Trinajstić information content (AvgIpc) is 3.13. The predicted octanol–water partition coefficient (Wildman–Crippen LogP) is 3.70. The summed E-state index contributed by atoms with van der Waals surface area (Å²) in [6.07, 6.45) is 1.37. The second kappa shape index (κ2) is 6.30. The van der Waals surface area contributed by atoms with Crippen LogP contribution in [0.15, 0.2) is 33.7 Å². The monoisotopic (exact) mass is 365 g/mol. The molecule has 0 aliphatic rings. The van der Waals surface area contributed by atoms with Gasteiger partial charge in [0.1, 0.15) is 5.56 Å². The Morgan fingerprint density at radius 1 is 1.33 bits per heavy atom. The molecule has 2 aromatic heterocycles. The molecule has 0 unspecified atom stereocenters. The van der Waals surface area contributed by atoms with Crippen LogP contribution in [0, 0.1) is 6.92 Å². The zero-order valence-corrected chi connectivity index (χ0v) is 14.4. The lowest BCUT2D eigenvalue weighted by molar-refractivity contribution is 0.103. The van der Waals surface area contributed by atoms with Gasteiger partial charge in [0.2, 0.25) is 5.78 Å². The Labute approximate surface area is 147 Å². The third-order valence-electron chi connectivity index (χ3n) is 3.61. The number of rotatable bonds is 4. The quantitative estimate of drug-likeness (QED) is 0.714. The zero-order chi connectivity index (χ0) is 17.4. The summed E-state index contributed by atoms with van der Waals surface area (Å²) in [6, 6.07) is 4.70. The van der Waals surface area contributed by atoms with Crippen LogP contribution in [0.5, 0.6) is 0 Å². The first-order valence-electron chi connectivity index (χ1n) is 7.18. The van der Waals surface area contributed by atoms with Crippen LogP contribution in [0.25, 0.3) is 11.3 Å². The van der Waals surface area contributed by atoms with Crippen molar-refractivity contribution < 1.29 is 9.32 Å². The highest BCUT2D eigenvalue weighted by Crippen LogP contribution is 2.37. The predicted molar refractivity (Wildman–Crippen MR) is 90.9 cm³/mol. The molecule has 24 heavy (non-hydrogen) atoms. The molecular weight excluding hydrogens is 353 g/mol. The van der Waals surface area contributed by atoms with E-state index in [0.717, 1.165) is 0 Å². The summed E-state index contributed by atoms with van der Waals surface area (Å²) in [5.41, 5.74) is 0.817. The molecule has 0 atom stereocenters. The molecule has 8 heteroatoms. The average molecular weight is 366 g/mol. The van der Waals surface area contributed by atoms with Gasteiger partial charge in [0.15, 0.2) is 5.76 Å². The normalized spacial score (nSPS) is 11.0. The molecular formula is C16H13Cl2N3O3. The number of aromatic nitrogens is 3. The number of nitrogens with one attached hydrogen (secondary N) is 1. The maximum Gasteiger partial charge on any atom is 0.277 e. The molecule has 0 radical (unpaired) electrons. The van der Waals surface area contributed by atoms with Gasteiger partial charge in [0.05, 0.1) is 21.3 Å². The molecule has 0 aliphatic carbocycles. The van der Waals surface area contributed by atoms with Crippen molar-refractivity contribution in [2.24, 2.45) is 0 Å². The number of benzene rings is 1. The van der Waals surface area contributed by atoms with Gasteiger partial charge in [-0.25, -0.2) is 0 Å². The summed E-state index contributed by atoms with van der Waals surface area (Å²) >= 11 is 12.6. The first-order valence-corrected chi connectivity index (χ1v) is 7.94. The van der Waals surface area contributed by atoms with Crippen LogP contribution >= 0.6 is 23.2 Å². The molecule has 0 fully saturated rings. The SMILES string of the molecule is CCn1[nH]cc(C(=O)c2ccc(Cl)c(-c3cc(C)no3)c2Cl)c1=O. The minimum Gasteiger partial charge on any atom is -0.356 e. The molecule has 0 saturated heterocycles. The minimum absolute atomic E-state index is 0.0146. The molecule has 3 rings (SSSR count). The lowest BCUT2D eigenvalue weighted by atomic mass is 10.0. The van der Waals surface area contributed by atoms with Crippen molar-refractivity contribution >= 4 is 29.0 Å². The number of halogens is 2. The Balaban J connectivity index is 2.14. The molecule has 0 aliphatic heterocycles. The van der Waals surface area contributed by atoms with Gasteiger partial charge in [0.25, 0.3) is 5.56 Å². The number of aryl methyl sites for hydroxylation is 2. The van der Waals surface area contributed by atoms with Crippen LogP contribution in [0.2, 0.25) is 10.0 Å². The maximum absolute atomic E-state index is 12.7. The number of H-pyrrole nitrogens is 1. The Morgan fingerprint density at radius 2 is 2.08 bits per heavy atom. The van der Waals surface area contributed by atoms with E-state index in [2.05, 4.69) is 10.3 Å². The van der Waals surface area contributed by atoms with E-state index in [1.807, 2.05) is 0 Å². The van der Waals surface area contributed by atoms with E-state index in [1.54, 1.807) is 26.0 Å². The van der Waals surface area contributed by atoms with E-state index < -0.39 is 11.3 Å². The first kappa shape index (κ1) is 16.5. The Bertz CT molecular complexity index is 985. The molecule has 6 nitrogen and oxygen atoms in total. The van der Waals surface area contributed by atoms with Crippen molar-refractivity contribution in [3.8, 4) is 11.3 Å². The van der Waals surface area contributed by atoms with E-state index in [1.165, 1.54) is 16.9 Å². The number of hydrogen-bond acceptors (Lipinski definition) is 4. The minimum atomic E-state index is -0.484. The van der Waals surface area contributed by atoms with Crippen LogP contribution in [-0.4, -0.2) is 20.7 Å². The molecule has 1 aromatic carbocycles. The first-order chi connectivity index (χ1) is 11.4. The summed E-state index contributed by atoms with van der Waals surface area (Å²) < 4.78 is 6.53. The van der Waals surface area contributed by atoms with E-state index in [4.69, 9.17) is 27.7 Å². The van der Waals surface area contributed by atoms with Crippen molar-refractivity contribution in [3.05, 3.63) is 61.6 Å². The fraction of sp³-hybridized carbons (Fsp3) is 0.188. The fourth-order valence-corrected chi connectivity index (χ4v) is 3.03. The van der Waals surface area contributed by atoms with E-state index in [-0.39, 0.29) is 16.1 Å². The molecule has 3 aromatic rings. The van der Waals surface area contributed by atoms with Gasteiger partial charge in [-0.15, -0.1) is 0 Å². The number of hydrogen-bond donors (Lipinski definition) is 1. The van der Waals surface area contributed by atoms with Gasteiger partial charge in [-0.2, -0.15) is 0 Å². The Hall–Kier alpha value is -2.31. The molecule has 2 heterocycles. The highest BCUT2D eigenvalue weighted by atomic mass is 35.5. The van der Waals surface area contributed by atoms with Crippen LogP contribution in [0.3, 0.4) is 0 Å². The smallest absolute Gasteiger partial charge is 0.277 e. The van der Waals surface area contributed by atoms with Crippen molar-refractivity contribution in [3.63, 3.8) is 0 Å². The van der Waals surface area contributed by atoms with Gasteiger partial charge in [-0.05, 0) is 26.0 Å². The highest BCUT2D eigenvalue weighted by molar-refractivity contribution is 6.41. The van der Waals surface area contributed by atoms with Crippen molar-refractivity contribution in [2.75, 3.05) is 0 Å². The number of aromatic amines is 1.